The van der Waals surface area contributed by atoms with E-state index in [0.717, 1.165) is 18.5 Å². The minimum Gasteiger partial charge on any atom is -0.311 e. The molecule has 1 N–H and O–H groups in total. The van der Waals surface area contributed by atoms with Crippen LogP contribution in [0, 0.1) is 11.3 Å². The fraction of sp³-hybridized carbons (Fsp3) is 1.00. The van der Waals surface area contributed by atoms with Crippen LogP contribution >= 0.6 is 0 Å². The molecule has 0 bridgehead atoms. The average molecular weight is 283 g/mol. The lowest BCUT2D eigenvalue weighted by Gasteiger charge is -2.38. The van der Waals surface area contributed by atoms with E-state index in [1.54, 1.807) is 0 Å². The van der Waals surface area contributed by atoms with Crippen molar-refractivity contribution in [3.05, 3.63) is 0 Å². The van der Waals surface area contributed by atoms with Gasteiger partial charge in [-0.1, -0.05) is 34.1 Å². The van der Waals surface area contributed by atoms with E-state index in [-0.39, 0.29) is 5.54 Å². The van der Waals surface area contributed by atoms with E-state index in [0.29, 0.717) is 5.41 Å². The normalized spacial score (nSPS) is 19.6. The summed E-state index contributed by atoms with van der Waals surface area (Å²) < 4.78 is 0. The molecule has 1 aliphatic rings. The molecule has 0 aromatic carbocycles. The third-order valence-electron chi connectivity index (χ3n) is 4.15. The average Bonchev–Trinajstić information content (AvgIpc) is 3.08. The Morgan fingerprint density at radius 2 is 1.75 bits per heavy atom. The zero-order valence-corrected chi connectivity index (χ0v) is 15.1. The highest BCUT2D eigenvalue weighted by atomic mass is 15.2. The molecule has 0 saturated heterocycles. The number of nitrogens with zero attached hydrogens (tertiary/aromatic N) is 1. The molecule has 1 rings (SSSR count). The molecular weight excluding hydrogens is 244 g/mol. The van der Waals surface area contributed by atoms with Gasteiger partial charge in [0.05, 0.1) is 0 Å². The lowest BCUT2D eigenvalue weighted by atomic mass is 9.83. The highest BCUT2D eigenvalue weighted by molar-refractivity contribution is 4.91. The quantitative estimate of drug-likeness (QED) is 0.678. The number of hydrogen-bond donors (Lipinski definition) is 1. The lowest BCUT2D eigenvalue weighted by molar-refractivity contribution is 0.124. The van der Waals surface area contributed by atoms with E-state index in [1.807, 2.05) is 0 Å². The van der Waals surface area contributed by atoms with Gasteiger partial charge in [0.1, 0.15) is 0 Å². The van der Waals surface area contributed by atoms with Crippen molar-refractivity contribution in [1.29, 1.82) is 0 Å². The number of rotatable bonds is 9. The summed E-state index contributed by atoms with van der Waals surface area (Å²) in [6, 6.07) is 0.878. The molecule has 0 spiro atoms. The van der Waals surface area contributed by atoms with Crippen molar-refractivity contribution in [2.75, 3.05) is 19.6 Å². The van der Waals surface area contributed by atoms with E-state index >= 15 is 0 Å². The van der Waals surface area contributed by atoms with Crippen LogP contribution in [0.3, 0.4) is 0 Å². The zero-order valence-electron chi connectivity index (χ0n) is 15.1. The molecule has 1 fully saturated rings. The van der Waals surface area contributed by atoms with Gasteiger partial charge in [0.25, 0.3) is 0 Å². The molecule has 0 amide bonds. The van der Waals surface area contributed by atoms with E-state index in [9.17, 15) is 0 Å². The molecule has 120 valence electrons. The van der Waals surface area contributed by atoms with Crippen molar-refractivity contribution in [2.24, 2.45) is 11.3 Å². The van der Waals surface area contributed by atoms with Crippen LogP contribution in [0.15, 0.2) is 0 Å². The summed E-state index contributed by atoms with van der Waals surface area (Å²) in [6.45, 7) is 20.0. The Morgan fingerprint density at radius 1 is 1.15 bits per heavy atom. The van der Waals surface area contributed by atoms with Gasteiger partial charge < -0.3 is 5.32 Å². The summed E-state index contributed by atoms with van der Waals surface area (Å²) in [5.41, 5.74) is 0.622. The summed E-state index contributed by atoms with van der Waals surface area (Å²) in [7, 11) is 0. The molecule has 0 aromatic heterocycles. The predicted molar refractivity (Wildman–Crippen MR) is 90.2 cm³/mol. The summed E-state index contributed by atoms with van der Waals surface area (Å²) in [5.74, 6) is 0.775. The van der Waals surface area contributed by atoms with Gasteiger partial charge in [0, 0.05) is 31.2 Å². The van der Waals surface area contributed by atoms with Gasteiger partial charge in [0.15, 0.2) is 0 Å². The third kappa shape index (κ3) is 7.08. The summed E-state index contributed by atoms with van der Waals surface area (Å²) in [5, 5.41) is 3.74. The molecule has 0 radical (unpaired) electrons. The Morgan fingerprint density at radius 3 is 2.15 bits per heavy atom. The van der Waals surface area contributed by atoms with Gasteiger partial charge in [-0.2, -0.15) is 0 Å². The molecule has 1 unspecified atom stereocenters. The second kappa shape index (κ2) is 7.26. The van der Waals surface area contributed by atoms with Crippen LogP contribution in [0.5, 0.6) is 0 Å². The van der Waals surface area contributed by atoms with Crippen molar-refractivity contribution in [3.63, 3.8) is 0 Å². The number of nitrogens with one attached hydrogen (secondary N) is 1. The standard InChI is InChI=1S/C18H38N2/c1-8-11-18(7,13-19-17(4,5)6)14-20(12-15(2)3)16-9-10-16/h15-16,19H,8-14H2,1-7H3. The van der Waals surface area contributed by atoms with Crippen molar-refractivity contribution >= 4 is 0 Å². The largest absolute Gasteiger partial charge is 0.311 e. The van der Waals surface area contributed by atoms with E-state index in [2.05, 4.69) is 58.7 Å². The topological polar surface area (TPSA) is 15.3 Å². The van der Waals surface area contributed by atoms with Crippen LogP contribution in [-0.4, -0.2) is 36.1 Å². The molecule has 1 saturated carbocycles. The monoisotopic (exact) mass is 282 g/mol. The zero-order chi connectivity index (χ0) is 15.4. The van der Waals surface area contributed by atoms with Crippen molar-refractivity contribution in [1.82, 2.24) is 10.2 Å². The Balaban J connectivity index is 2.62. The molecule has 1 atom stereocenters. The first-order valence-corrected chi connectivity index (χ1v) is 8.64. The third-order valence-corrected chi connectivity index (χ3v) is 4.15. The molecule has 20 heavy (non-hydrogen) atoms. The molecular formula is C18H38N2. The van der Waals surface area contributed by atoms with Crippen LogP contribution < -0.4 is 5.32 Å². The smallest absolute Gasteiger partial charge is 0.00967 e. The summed E-state index contributed by atoms with van der Waals surface area (Å²) in [6.07, 6.45) is 5.43. The van der Waals surface area contributed by atoms with Crippen LogP contribution in [0.2, 0.25) is 0 Å². The van der Waals surface area contributed by atoms with Crippen LogP contribution in [-0.2, 0) is 0 Å². The summed E-state index contributed by atoms with van der Waals surface area (Å²) >= 11 is 0. The minimum atomic E-state index is 0.220. The molecule has 2 nitrogen and oxygen atoms in total. The van der Waals surface area contributed by atoms with E-state index in [1.165, 1.54) is 38.8 Å². The van der Waals surface area contributed by atoms with Crippen molar-refractivity contribution in [3.8, 4) is 0 Å². The first-order chi connectivity index (χ1) is 9.15. The fourth-order valence-electron chi connectivity index (χ4n) is 3.05. The second-order valence-electron chi connectivity index (χ2n) is 8.72. The minimum absolute atomic E-state index is 0.220. The van der Waals surface area contributed by atoms with Crippen LogP contribution in [0.25, 0.3) is 0 Å². The van der Waals surface area contributed by atoms with Crippen LogP contribution in [0.4, 0.5) is 0 Å². The highest BCUT2D eigenvalue weighted by Gasteiger charge is 2.35. The van der Waals surface area contributed by atoms with Gasteiger partial charge in [-0.15, -0.1) is 0 Å². The molecule has 1 aliphatic carbocycles. The highest BCUT2D eigenvalue weighted by Crippen LogP contribution is 2.33. The summed E-state index contributed by atoms with van der Waals surface area (Å²) in [4.78, 5) is 2.77. The fourth-order valence-corrected chi connectivity index (χ4v) is 3.05. The van der Waals surface area contributed by atoms with Gasteiger partial charge in [-0.05, 0) is 51.4 Å². The molecule has 0 aliphatic heterocycles. The first kappa shape index (κ1) is 18.0. The maximum atomic E-state index is 3.74. The maximum absolute atomic E-state index is 3.74. The van der Waals surface area contributed by atoms with Gasteiger partial charge in [0.2, 0.25) is 0 Å². The lowest BCUT2D eigenvalue weighted by Crippen LogP contribution is -2.48. The molecule has 2 heteroatoms. The van der Waals surface area contributed by atoms with Gasteiger partial charge in [-0.3, -0.25) is 4.90 Å². The van der Waals surface area contributed by atoms with Crippen molar-refractivity contribution in [2.45, 2.75) is 85.7 Å². The maximum Gasteiger partial charge on any atom is 0.00967 e. The van der Waals surface area contributed by atoms with E-state index in [4.69, 9.17) is 0 Å². The Hall–Kier alpha value is -0.0800. The Labute approximate surface area is 127 Å². The first-order valence-electron chi connectivity index (χ1n) is 8.64. The Bertz CT molecular complexity index is 276. The van der Waals surface area contributed by atoms with Crippen molar-refractivity contribution < 1.29 is 0 Å². The Kier molecular flexibility index (Phi) is 6.53. The SMILES string of the molecule is CCCC(C)(CNC(C)(C)C)CN(CC(C)C)C1CC1. The van der Waals surface area contributed by atoms with E-state index < -0.39 is 0 Å². The van der Waals surface area contributed by atoms with Gasteiger partial charge >= 0.3 is 0 Å². The molecule has 0 heterocycles. The number of hydrogen-bond acceptors (Lipinski definition) is 2. The second-order valence-corrected chi connectivity index (χ2v) is 8.72. The van der Waals surface area contributed by atoms with Crippen LogP contribution in [0.1, 0.15) is 74.1 Å². The van der Waals surface area contributed by atoms with Gasteiger partial charge in [-0.25, -0.2) is 0 Å². The molecule has 0 aromatic rings. The predicted octanol–water partition coefficient (Wildman–Crippen LogP) is 4.30.